The Hall–Kier alpha value is 0.371. The lowest BCUT2D eigenvalue weighted by molar-refractivity contribution is 0.0857. The van der Waals surface area contributed by atoms with E-state index >= 15 is 0 Å². The third kappa shape index (κ3) is 5.34. The van der Waals surface area contributed by atoms with Crippen LogP contribution in [0.15, 0.2) is 0 Å². The van der Waals surface area contributed by atoms with Crippen molar-refractivity contribution in [3.63, 3.8) is 0 Å². The van der Waals surface area contributed by atoms with Crippen LogP contribution in [0.4, 0.5) is 0 Å². The van der Waals surface area contributed by atoms with Gasteiger partial charge >= 0.3 is 8.68 Å². The molecule has 0 heterocycles. The van der Waals surface area contributed by atoms with Crippen molar-refractivity contribution in [1.82, 2.24) is 0 Å². The summed E-state index contributed by atoms with van der Waals surface area (Å²) in [5.41, 5.74) is 0. The molecule has 19 heavy (non-hydrogen) atoms. The van der Waals surface area contributed by atoms with Crippen molar-refractivity contribution in [3.05, 3.63) is 0 Å². The molecule has 0 aliphatic rings. The van der Waals surface area contributed by atoms with E-state index in [9.17, 15) is 4.46 Å². The summed E-state index contributed by atoms with van der Waals surface area (Å²) in [7, 11) is -5.50. The molecule has 0 aromatic heterocycles. The first-order valence-corrected chi connectivity index (χ1v) is 15.3. The first kappa shape index (κ1) is 19.4. The van der Waals surface area contributed by atoms with Crippen molar-refractivity contribution in [2.75, 3.05) is 0 Å². The molecule has 0 aromatic carbocycles. The molecule has 1 atom stereocenters. The van der Waals surface area contributed by atoms with Gasteiger partial charge in [-0.05, 0) is 66.5 Å². The maximum atomic E-state index is 11.9. The highest BCUT2D eigenvalue weighted by Crippen LogP contribution is 2.35. The molecule has 1 unspecified atom stereocenters. The van der Waals surface area contributed by atoms with Gasteiger partial charge in [-0.2, -0.15) is 0 Å². The Bertz CT molecular complexity index is 335. The van der Waals surface area contributed by atoms with Crippen LogP contribution in [-0.2, 0) is 13.3 Å². The molecule has 6 heteroatoms. The number of hydrogen-bond donors (Lipinski definition) is 0. The van der Waals surface area contributed by atoms with E-state index in [1.807, 2.05) is 13.8 Å². The van der Waals surface area contributed by atoms with Crippen LogP contribution in [0.25, 0.3) is 0 Å². The van der Waals surface area contributed by atoms with Gasteiger partial charge in [-0.1, -0.05) is 6.92 Å². The molecule has 3 nitrogen and oxygen atoms in total. The molecule has 0 amide bonds. The molecule has 0 aromatic rings. The van der Waals surface area contributed by atoms with Gasteiger partial charge in [0.1, 0.15) is 0 Å². The average Bonchev–Trinajstić information content (AvgIpc) is 2.12. The average molecular weight is 321 g/mol. The zero-order chi connectivity index (χ0) is 15.7. The Balaban J connectivity index is 5.29. The molecule has 114 valence electrons. The Morgan fingerprint density at radius 2 is 1.42 bits per heavy atom. The fourth-order valence-electron chi connectivity index (χ4n) is 2.11. The molecule has 0 saturated heterocycles. The maximum absolute atomic E-state index is 11.9. The minimum absolute atomic E-state index is 0.230. The third-order valence-corrected chi connectivity index (χ3v) is 11.1. The second-order valence-corrected chi connectivity index (χ2v) is 18.5. The van der Waals surface area contributed by atoms with Gasteiger partial charge < -0.3 is 13.3 Å². The van der Waals surface area contributed by atoms with Crippen LogP contribution in [0.2, 0.25) is 39.3 Å². The van der Waals surface area contributed by atoms with Gasteiger partial charge in [-0.3, -0.25) is 0 Å². The lowest BCUT2D eigenvalue weighted by Gasteiger charge is -2.47. The third-order valence-electron chi connectivity index (χ3n) is 3.84. The minimum atomic E-state index is -2.13. The summed E-state index contributed by atoms with van der Waals surface area (Å²) in [5, 5.41) is -0.772. The first-order valence-electron chi connectivity index (χ1n) is 7.08. The molecular formula is C13H32O3Si3. The summed E-state index contributed by atoms with van der Waals surface area (Å²) in [4.78, 5) is 0. The highest BCUT2D eigenvalue weighted by molar-refractivity contribution is 6.77. The van der Waals surface area contributed by atoms with Gasteiger partial charge in [-0.25, -0.2) is 0 Å². The van der Waals surface area contributed by atoms with Crippen LogP contribution in [0.5, 0.6) is 0 Å². The minimum Gasteiger partial charge on any atom is -0.412 e. The van der Waals surface area contributed by atoms with Gasteiger partial charge in [0.15, 0.2) is 8.32 Å². The maximum Gasteiger partial charge on any atom is 0.305 e. The fourth-order valence-corrected chi connectivity index (χ4v) is 9.20. The van der Waals surface area contributed by atoms with Crippen LogP contribution in [0, 0.1) is 0 Å². The first-order chi connectivity index (χ1) is 8.17. The zero-order valence-electron chi connectivity index (χ0n) is 14.4. The van der Waals surface area contributed by atoms with E-state index in [-0.39, 0.29) is 5.22 Å². The standard InChI is InChI=1S/C13H32O3Si3/c1-11-13(4,16-18(6,7)8)19(9,10)15-12(2,3)17(5)14/h11H2,1-10H3. The monoisotopic (exact) mass is 320 g/mol. The van der Waals surface area contributed by atoms with Crippen molar-refractivity contribution in [1.29, 1.82) is 0 Å². The number of hydrogen-bond acceptors (Lipinski definition) is 3. The van der Waals surface area contributed by atoms with Crippen LogP contribution < -0.4 is 0 Å². The van der Waals surface area contributed by atoms with E-state index in [1.165, 1.54) is 0 Å². The lowest BCUT2D eigenvalue weighted by atomic mass is 10.3. The second kappa shape index (κ2) is 6.01. The van der Waals surface area contributed by atoms with Crippen LogP contribution in [0.3, 0.4) is 0 Å². The molecule has 0 saturated carbocycles. The smallest absolute Gasteiger partial charge is 0.305 e. The summed E-state index contributed by atoms with van der Waals surface area (Å²) in [6, 6.07) is 0. The van der Waals surface area contributed by atoms with E-state index < -0.39 is 30.5 Å². The van der Waals surface area contributed by atoms with Gasteiger partial charge in [0.2, 0.25) is 8.32 Å². The Morgan fingerprint density at radius 1 is 1.00 bits per heavy atom. The quantitative estimate of drug-likeness (QED) is 0.661. The molecular weight excluding hydrogens is 288 g/mol. The van der Waals surface area contributed by atoms with Gasteiger partial charge in [-0.15, -0.1) is 0 Å². The summed E-state index contributed by atoms with van der Waals surface area (Å²) in [5.74, 6) is 0. The van der Waals surface area contributed by atoms with Crippen molar-refractivity contribution in [2.24, 2.45) is 0 Å². The largest absolute Gasteiger partial charge is 0.412 e. The molecule has 0 spiro atoms. The topological polar surface area (TPSA) is 35.5 Å². The summed E-state index contributed by atoms with van der Waals surface area (Å²) in [6.07, 6.45) is 0.928. The van der Waals surface area contributed by atoms with E-state index in [0.717, 1.165) is 6.42 Å². The van der Waals surface area contributed by atoms with Crippen LogP contribution >= 0.6 is 0 Å². The lowest BCUT2D eigenvalue weighted by Crippen LogP contribution is -2.63. The van der Waals surface area contributed by atoms with Crippen LogP contribution in [-0.4, -0.2) is 35.8 Å². The predicted molar refractivity (Wildman–Crippen MR) is 88.1 cm³/mol. The van der Waals surface area contributed by atoms with E-state index in [1.54, 1.807) is 6.55 Å². The van der Waals surface area contributed by atoms with Crippen LogP contribution in [0.1, 0.15) is 34.1 Å². The van der Waals surface area contributed by atoms with E-state index in [2.05, 4.69) is 46.6 Å². The van der Waals surface area contributed by atoms with Crippen molar-refractivity contribution < 1.29 is 13.3 Å². The van der Waals surface area contributed by atoms with E-state index in [0.29, 0.717) is 0 Å². The van der Waals surface area contributed by atoms with E-state index in [4.69, 9.17) is 8.85 Å². The predicted octanol–water partition coefficient (Wildman–Crippen LogP) is 4.14. The second-order valence-electron chi connectivity index (χ2n) is 7.48. The van der Waals surface area contributed by atoms with Gasteiger partial charge in [0, 0.05) is 0 Å². The highest BCUT2D eigenvalue weighted by atomic mass is 28.4. The Kier molecular flexibility index (Phi) is 6.13. The summed E-state index contributed by atoms with van der Waals surface area (Å²) < 4.78 is 24.7. The molecule has 0 aliphatic carbocycles. The molecule has 0 radical (unpaired) electrons. The summed E-state index contributed by atoms with van der Waals surface area (Å²) >= 11 is 0. The van der Waals surface area contributed by atoms with Crippen molar-refractivity contribution >= 4 is 25.3 Å². The molecule has 0 bridgehead atoms. The highest BCUT2D eigenvalue weighted by Gasteiger charge is 2.50. The normalized spacial score (nSPS) is 17.2. The molecule has 0 N–H and O–H groups in total. The van der Waals surface area contributed by atoms with Gasteiger partial charge in [0.05, 0.1) is 10.4 Å². The Morgan fingerprint density at radius 3 is 1.68 bits per heavy atom. The fraction of sp³-hybridized carbons (Fsp3) is 1.00. The van der Waals surface area contributed by atoms with Gasteiger partial charge in [0.25, 0.3) is 0 Å². The Labute approximate surface area is 123 Å². The summed E-state index contributed by atoms with van der Waals surface area (Å²) in [6.45, 7) is 21.0. The SMILES string of the molecule is CCC(C)(O[Si](C)(C)C)[Si](C)(C)OC(C)(C)[Si](C)=O. The van der Waals surface area contributed by atoms with Crippen molar-refractivity contribution in [3.8, 4) is 0 Å². The zero-order valence-corrected chi connectivity index (χ0v) is 17.4. The number of rotatable bonds is 7. The molecule has 0 aliphatic heterocycles. The molecule has 0 fully saturated rings. The van der Waals surface area contributed by atoms with Crippen molar-refractivity contribution in [2.45, 2.75) is 83.8 Å². The molecule has 0 rings (SSSR count).